The summed E-state index contributed by atoms with van der Waals surface area (Å²) in [6.07, 6.45) is 2.52. The van der Waals surface area contributed by atoms with Gasteiger partial charge in [-0.3, -0.25) is 4.90 Å². The molecule has 3 rings (SSSR count). The third-order valence-electron chi connectivity index (χ3n) is 3.58. The number of nitrogens with zero attached hydrogens (tertiary/aromatic N) is 1. The molecule has 1 fully saturated rings. The number of para-hydroxylation sites is 1. The van der Waals surface area contributed by atoms with Crippen LogP contribution in [0.2, 0.25) is 0 Å². The van der Waals surface area contributed by atoms with Gasteiger partial charge in [0.05, 0.1) is 0 Å². The number of hydrogen-bond acceptors (Lipinski definition) is 4. The maximum absolute atomic E-state index is 10.9. The molecule has 1 aliphatic heterocycles. The highest BCUT2D eigenvalue weighted by Gasteiger charge is 2.15. The second-order valence-electron chi connectivity index (χ2n) is 4.99. The molecule has 1 aromatic carbocycles. The Morgan fingerprint density at radius 3 is 2.90 bits per heavy atom. The van der Waals surface area contributed by atoms with Gasteiger partial charge in [0, 0.05) is 11.9 Å². The lowest BCUT2D eigenvalue weighted by Gasteiger charge is -2.14. The zero-order valence-electron chi connectivity index (χ0n) is 11.2. The molecular formula is C15H17NO4. The van der Waals surface area contributed by atoms with Crippen LogP contribution < -0.4 is 4.74 Å². The number of rotatable bonds is 5. The van der Waals surface area contributed by atoms with Crippen LogP contribution in [0, 0.1) is 0 Å². The molecule has 5 nitrogen and oxygen atoms in total. The van der Waals surface area contributed by atoms with Crippen molar-refractivity contribution >= 4 is 16.9 Å². The van der Waals surface area contributed by atoms with Gasteiger partial charge in [-0.2, -0.15) is 0 Å². The SMILES string of the molecule is O=C(O)c1cc2cccc(OCCN3CCCC3)c2o1. The van der Waals surface area contributed by atoms with Gasteiger partial charge in [-0.15, -0.1) is 0 Å². The molecule has 0 aliphatic carbocycles. The van der Waals surface area contributed by atoms with E-state index in [2.05, 4.69) is 4.90 Å². The summed E-state index contributed by atoms with van der Waals surface area (Å²) in [6.45, 7) is 3.75. The zero-order valence-corrected chi connectivity index (χ0v) is 11.2. The van der Waals surface area contributed by atoms with Crippen molar-refractivity contribution in [1.29, 1.82) is 0 Å². The number of likely N-dealkylation sites (tertiary alicyclic amines) is 1. The van der Waals surface area contributed by atoms with Crippen molar-refractivity contribution in [3.05, 3.63) is 30.0 Å². The number of furan rings is 1. The topological polar surface area (TPSA) is 62.9 Å². The van der Waals surface area contributed by atoms with Gasteiger partial charge in [-0.25, -0.2) is 4.79 Å². The molecule has 0 bridgehead atoms. The molecule has 2 aromatic rings. The van der Waals surface area contributed by atoms with E-state index in [0.717, 1.165) is 25.0 Å². The smallest absolute Gasteiger partial charge is 0.371 e. The number of carbonyl (C=O) groups is 1. The largest absolute Gasteiger partial charge is 0.488 e. The Labute approximate surface area is 116 Å². The van der Waals surface area contributed by atoms with Gasteiger partial charge >= 0.3 is 5.97 Å². The summed E-state index contributed by atoms with van der Waals surface area (Å²) in [5.74, 6) is -0.519. The fourth-order valence-corrected chi connectivity index (χ4v) is 2.55. The first-order valence-corrected chi connectivity index (χ1v) is 6.85. The molecule has 1 aliphatic rings. The van der Waals surface area contributed by atoms with E-state index in [1.807, 2.05) is 12.1 Å². The Kier molecular flexibility index (Phi) is 3.60. The molecule has 0 saturated carbocycles. The highest BCUT2D eigenvalue weighted by Crippen LogP contribution is 2.28. The molecule has 106 valence electrons. The van der Waals surface area contributed by atoms with E-state index in [-0.39, 0.29) is 5.76 Å². The summed E-state index contributed by atoms with van der Waals surface area (Å²) >= 11 is 0. The Bertz CT molecular complexity index is 613. The zero-order chi connectivity index (χ0) is 13.9. The van der Waals surface area contributed by atoms with Crippen LogP contribution in [-0.4, -0.2) is 42.2 Å². The number of fused-ring (bicyclic) bond motifs is 1. The van der Waals surface area contributed by atoms with E-state index in [9.17, 15) is 4.79 Å². The predicted octanol–water partition coefficient (Wildman–Crippen LogP) is 2.61. The van der Waals surface area contributed by atoms with Crippen LogP contribution in [0.4, 0.5) is 0 Å². The Morgan fingerprint density at radius 1 is 1.35 bits per heavy atom. The maximum atomic E-state index is 10.9. The molecule has 0 unspecified atom stereocenters. The van der Waals surface area contributed by atoms with E-state index >= 15 is 0 Å². The van der Waals surface area contributed by atoms with E-state index in [1.54, 1.807) is 6.07 Å². The van der Waals surface area contributed by atoms with Crippen LogP contribution in [-0.2, 0) is 0 Å². The van der Waals surface area contributed by atoms with E-state index in [1.165, 1.54) is 18.9 Å². The van der Waals surface area contributed by atoms with Crippen molar-refractivity contribution in [2.24, 2.45) is 0 Å². The standard InChI is InChI=1S/C15H17NO4/c17-15(18)13-10-11-4-3-5-12(14(11)20-13)19-9-8-16-6-1-2-7-16/h3-5,10H,1-2,6-9H2,(H,17,18). The quantitative estimate of drug-likeness (QED) is 0.908. The molecule has 5 heteroatoms. The summed E-state index contributed by atoms with van der Waals surface area (Å²) in [6, 6.07) is 6.99. The predicted molar refractivity (Wildman–Crippen MR) is 74.3 cm³/mol. The molecular weight excluding hydrogens is 258 g/mol. The minimum absolute atomic E-state index is 0.0596. The number of hydrogen-bond donors (Lipinski definition) is 1. The van der Waals surface area contributed by atoms with Crippen LogP contribution in [0.3, 0.4) is 0 Å². The summed E-state index contributed by atoms with van der Waals surface area (Å²) in [4.78, 5) is 13.3. The number of ether oxygens (including phenoxy) is 1. The lowest BCUT2D eigenvalue weighted by molar-refractivity contribution is 0.0665. The molecule has 0 spiro atoms. The van der Waals surface area contributed by atoms with Gasteiger partial charge in [0.25, 0.3) is 0 Å². The third-order valence-corrected chi connectivity index (χ3v) is 3.58. The average Bonchev–Trinajstić information content (AvgIpc) is 3.07. The fraction of sp³-hybridized carbons (Fsp3) is 0.400. The Balaban J connectivity index is 1.71. The maximum Gasteiger partial charge on any atom is 0.371 e. The average molecular weight is 275 g/mol. The Morgan fingerprint density at radius 2 is 2.15 bits per heavy atom. The molecule has 0 atom stereocenters. The monoisotopic (exact) mass is 275 g/mol. The number of carboxylic acid groups (broad SMARTS) is 1. The number of aromatic carboxylic acids is 1. The number of carboxylic acids is 1. The Hall–Kier alpha value is -2.01. The van der Waals surface area contributed by atoms with E-state index in [4.69, 9.17) is 14.3 Å². The van der Waals surface area contributed by atoms with Crippen molar-refractivity contribution in [3.8, 4) is 5.75 Å². The minimum Gasteiger partial charge on any atom is -0.488 e. The summed E-state index contributed by atoms with van der Waals surface area (Å²) in [7, 11) is 0. The summed E-state index contributed by atoms with van der Waals surface area (Å²) in [5.41, 5.74) is 0.506. The van der Waals surface area contributed by atoms with Crippen LogP contribution >= 0.6 is 0 Å². The normalized spacial score (nSPS) is 15.8. The molecule has 0 amide bonds. The van der Waals surface area contributed by atoms with Gasteiger partial charge in [-0.05, 0) is 38.1 Å². The molecule has 20 heavy (non-hydrogen) atoms. The van der Waals surface area contributed by atoms with Crippen molar-refractivity contribution in [3.63, 3.8) is 0 Å². The van der Waals surface area contributed by atoms with E-state index in [0.29, 0.717) is 17.9 Å². The van der Waals surface area contributed by atoms with Gasteiger partial charge < -0.3 is 14.3 Å². The van der Waals surface area contributed by atoms with Gasteiger partial charge in [0.1, 0.15) is 6.61 Å². The highest BCUT2D eigenvalue weighted by atomic mass is 16.5. The highest BCUT2D eigenvalue weighted by molar-refractivity contribution is 5.93. The summed E-state index contributed by atoms with van der Waals surface area (Å²) in [5, 5.41) is 9.71. The van der Waals surface area contributed by atoms with Crippen LogP contribution in [0.1, 0.15) is 23.4 Å². The fourth-order valence-electron chi connectivity index (χ4n) is 2.55. The van der Waals surface area contributed by atoms with Crippen molar-refractivity contribution < 1.29 is 19.1 Å². The molecule has 1 aromatic heterocycles. The van der Waals surface area contributed by atoms with Gasteiger partial charge in [0.15, 0.2) is 11.3 Å². The van der Waals surface area contributed by atoms with Crippen LogP contribution in [0.25, 0.3) is 11.0 Å². The van der Waals surface area contributed by atoms with Crippen molar-refractivity contribution in [2.45, 2.75) is 12.8 Å². The van der Waals surface area contributed by atoms with Crippen molar-refractivity contribution in [2.75, 3.05) is 26.2 Å². The summed E-state index contributed by atoms with van der Waals surface area (Å²) < 4.78 is 11.1. The van der Waals surface area contributed by atoms with Crippen LogP contribution in [0.15, 0.2) is 28.7 Å². The third kappa shape index (κ3) is 2.63. The molecule has 0 radical (unpaired) electrons. The molecule has 1 N–H and O–H groups in total. The van der Waals surface area contributed by atoms with Gasteiger partial charge in [0.2, 0.25) is 5.76 Å². The molecule has 2 heterocycles. The minimum atomic E-state index is -1.07. The van der Waals surface area contributed by atoms with Crippen LogP contribution in [0.5, 0.6) is 5.75 Å². The first-order chi connectivity index (χ1) is 9.74. The second-order valence-corrected chi connectivity index (χ2v) is 4.99. The molecule has 1 saturated heterocycles. The van der Waals surface area contributed by atoms with Gasteiger partial charge in [-0.1, -0.05) is 12.1 Å². The first kappa shape index (κ1) is 13.0. The lowest BCUT2D eigenvalue weighted by Crippen LogP contribution is -2.25. The van der Waals surface area contributed by atoms with E-state index < -0.39 is 5.97 Å². The number of benzene rings is 1. The van der Waals surface area contributed by atoms with Crippen molar-refractivity contribution in [1.82, 2.24) is 4.90 Å². The first-order valence-electron chi connectivity index (χ1n) is 6.85. The lowest BCUT2D eigenvalue weighted by atomic mass is 10.2. The second kappa shape index (κ2) is 5.54.